The van der Waals surface area contributed by atoms with Crippen molar-refractivity contribution < 1.29 is 0 Å². The maximum absolute atomic E-state index is 9.10. The highest BCUT2D eigenvalue weighted by molar-refractivity contribution is 7.80. The van der Waals surface area contributed by atoms with Gasteiger partial charge in [0.2, 0.25) is 0 Å². The summed E-state index contributed by atoms with van der Waals surface area (Å²) in [5.74, 6) is 0.393. The van der Waals surface area contributed by atoms with Crippen molar-refractivity contribution in [2.45, 2.75) is 37.1 Å². The molecule has 2 aromatic rings. The molecule has 0 amide bonds. The lowest BCUT2D eigenvalue weighted by molar-refractivity contribution is 0.447. The second kappa shape index (κ2) is 5.43. The topological polar surface area (TPSA) is 48.7 Å². The fourth-order valence-electron chi connectivity index (χ4n) is 3.92. The minimum Gasteiger partial charge on any atom is -0.374 e. The molecule has 0 radical (unpaired) electrons. The molecule has 114 valence electrons. The van der Waals surface area contributed by atoms with Crippen LogP contribution in [-0.2, 0) is 6.42 Å². The summed E-state index contributed by atoms with van der Waals surface area (Å²) in [7, 11) is 0. The van der Waals surface area contributed by atoms with Crippen LogP contribution in [0.15, 0.2) is 42.7 Å². The molecule has 1 aliphatic heterocycles. The van der Waals surface area contributed by atoms with Gasteiger partial charge in [-0.2, -0.15) is 5.26 Å². The molecular weight excluding hydrogens is 302 g/mol. The van der Waals surface area contributed by atoms with Crippen LogP contribution in [0.2, 0.25) is 0 Å². The van der Waals surface area contributed by atoms with Crippen LogP contribution >= 0.6 is 12.2 Å². The van der Waals surface area contributed by atoms with Crippen molar-refractivity contribution in [3.05, 3.63) is 59.4 Å². The van der Waals surface area contributed by atoms with Crippen molar-refractivity contribution in [1.29, 1.82) is 5.26 Å². The Hall–Kier alpha value is -2.25. The third-order valence-corrected chi connectivity index (χ3v) is 5.69. The molecule has 3 nitrogen and oxygen atoms in total. The summed E-state index contributed by atoms with van der Waals surface area (Å²) in [6.07, 6.45) is 7.43. The van der Waals surface area contributed by atoms with Gasteiger partial charge in [0.05, 0.1) is 11.1 Å². The minimum atomic E-state index is -0.120. The molecule has 1 N–H and O–H groups in total. The van der Waals surface area contributed by atoms with Crippen LogP contribution in [0, 0.1) is 11.3 Å². The Labute approximate surface area is 141 Å². The Bertz CT molecular complexity index is 796. The highest BCUT2D eigenvalue weighted by Gasteiger charge is 2.44. The third-order valence-electron chi connectivity index (χ3n) is 5.09. The Morgan fingerprint density at radius 2 is 2.17 bits per heavy atom. The van der Waals surface area contributed by atoms with Crippen molar-refractivity contribution in [2.24, 2.45) is 0 Å². The van der Waals surface area contributed by atoms with Crippen molar-refractivity contribution in [2.75, 3.05) is 5.32 Å². The number of nitrogens with zero attached hydrogens (tertiary/aromatic N) is 2. The molecule has 4 heteroatoms. The molecule has 2 unspecified atom stereocenters. The van der Waals surface area contributed by atoms with E-state index in [1.165, 1.54) is 11.3 Å². The number of anilines is 1. The van der Waals surface area contributed by atoms with Gasteiger partial charge in [-0.15, -0.1) is 0 Å². The zero-order valence-electron chi connectivity index (χ0n) is 12.7. The van der Waals surface area contributed by atoms with Gasteiger partial charge in [-0.3, -0.25) is 4.98 Å². The molecule has 2 aliphatic rings. The standard InChI is InChI=1S/C19H17N3S/c20-10-13-7-16(12-21-11-13)14-5-6-18(23)19(8-14)9-15-3-1-2-4-17(15)22-19/h1-4,7,11-12,14,22H,5-6,8-9H2. The highest BCUT2D eigenvalue weighted by Crippen LogP contribution is 2.45. The summed E-state index contributed by atoms with van der Waals surface area (Å²) in [5.41, 5.74) is 4.22. The van der Waals surface area contributed by atoms with Gasteiger partial charge in [-0.1, -0.05) is 30.4 Å². The molecule has 1 fully saturated rings. The number of hydrogen-bond donors (Lipinski definition) is 1. The SMILES string of the molecule is N#Cc1cncc(C2CCC(=S)C3(Cc4ccccc4N3)C2)c1. The lowest BCUT2D eigenvalue weighted by atomic mass is 9.72. The smallest absolute Gasteiger partial charge is 0.101 e. The zero-order chi connectivity index (χ0) is 15.9. The molecule has 2 atom stereocenters. The monoisotopic (exact) mass is 319 g/mol. The van der Waals surface area contributed by atoms with Crippen LogP contribution in [0.1, 0.15) is 41.9 Å². The first kappa shape index (κ1) is 14.3. The largest absolute Gasteiger partial charge is 0.374 e. The molecular formula is C19H17N3S. The van der Waals surface area contributed by atoms with Crippen molar-refractivity contribution in [3.8, 4) is 6.07 Å². The highest BCUT2D eigenvalue weighted by atomic mass is 32.1. The molecule has 1 aromatic carbocycles. The summed E-state index contributed by atoms with van der Waals surface area (Å²) in [6, 6.07) is 12.6. The van der Waals surface area contributed by atoms with Crippen LogP contribution in [0.5, 0.6) is 0 Å². The second-order valence-electron chi connectivity index (χ2n) is 6.52. The Morgan fingerprint density at radius 1 is 1.30 bits per heavy atom. The first-order valence-corrected chi connectivity index (χ1v) is 8.35. The van der Waals surface area contributed by atoms with E-state index < -0.39 is 0 Å². The predicted octanol–water partition coefficient (Wildman–Crippen LogP) is 4.00. The van der Waals surface area contributed by atoms with Gasteiger partial charge in [0.1, 0.15) is 6.07 Å². The van der Waals surface area contributed by atoms with E-state index >= 15 is 0 Å². The van der Waals surface area contributed by atoms with E-state index in [9.17, 15) is 0 Å². The maximum atomic E-state index is 9.10. The Kier molecular flexibility index (Phi) is 3.39. The normalized spacial score (nSPS) is 25.7. The summed E-state index contributed by atoms with van der Waals surface area (Å²) < 4.78 is 0. The third kappa shape index (κ3) is 2.42. The van der Waals surface area contributed by atoms with Gasteiger partial charge in [-0.05, 0) is 48.4 Å². The molecule has 23 heavy (non-hydrogen) atoms. The number of pyridine rings is 1. The van der Waals surface area contributed by atoms with E-state index in [1.807, 2.05) is 12.3 Å². The number of benzene rings is 1. The van der Waals surface area contributed by atoms with E-state index in [4.69, 9.17) is 17.5 Å². The van der Waals surface area contributed by atoms with E-state index in [0.717, 1.165) is 36.1 Å². The number of aromatic nitrogens is 1. The van der Waals surface area contributed by atoms with Gasteiger partial charge < -0.3 is 5.32 Å². The molecule has 1 saturated carbocycles. The summed E-state index contributed by atoms with van der Waals surface area (Å²) in [5, 5.41) is 12.8. The van der Waals surface area contributed by atoms with E-state index in [0.29, 0.717) is 11.5 Å². The summed E-state index contributed by atoms with van der Waals surface area (Å²) in [6.45, 7) is 0. The number of nitriles is 1. The van der Waals surface area contributed by atoms with Crippen LogP contribution in [0.25, 0.3) is 0 Å². The summed E-state index contributed by atoms with van der Waals surface area (Å²) >= 11 is 5.75. The van der Waals surface area contributed by atoms with Gasteiger partial charge in [-0.25, -0.2) is 0 Å². The minimum absolute atomic E-state index is 0.120. The number of nitrogens with one attached hydrogen (secondary N) is 1. The van der Waals surface area contributed by atoms with Gasteiger partial charge in [0.25, 0.3) is 0 Å². The van der Waals surface area contributed by atoms with Crippen LogP contribution in [0.3, 0.4) is 0 Å². The second-order valence-corrected chi connectivity index (χ2v) is 7.02. The summed E-state index contributed by atoms with van der Waals surface area (Å²) in [4.78, 5) is 5.36. The van der Waals surface area contributed by atoms with Crippen molar-refractivity contribution >= 4 is 22.8 Å². The average molecular weight is 319 g/mol. The van der Waals surface area contributed by atoms with Gasteiger partial charge in [0, 0.05) is 29.4 Å². The lowest BCUT2D eigenvalue weighted by Crippen LogP contribution is -2.48. The number of fused-ring (bicyclic) bond motifs is 1. The van der Waals surface area contributed by atoms with Crippen LogP contribution < -0.4 is 5.32 Å². The molecule has 1 spiro atoms. The van der Waals surface area contributed by atoms with Gasteiger partial charge >= 0.3 is 0 Å². The number of rotatable bonds is 1. The zero-order valence-corrected chi connectivity index (χ0v) is 13.6. The predicted molar refractivity (Wildman–Crippen MR) is 94.6 cm³/mol. The lowest BCUT2D eigenvalue weighted by Gasteiger charge is -2.39. The van der Waals surface area contributed by atoms with Crippen LogP contribution in [-0.4, -0.2) is 15.4 Å². The van der Waals surface area contributed by atoms with Crippen molar-refractivity contribution in [1.82, 2.24) is 4.98 Å². The average Bonchev–Trinajstić information content (AvgIpc) is 2.96. The molecule has 1 aromatic heterocycles. The molecule has 4 rings (SSSR count). The quantitative estimate of drug-likeness (QED) is 0.807. The van der Waals surface area contributed by atoms with Crippen molar-refractivity contribution in [3.63, 3.8) is 0 Å². The fraction of sp³-hybridized carbons (Fsp3) is 0.316. The molecule has 0 saturated heterocycles. The van der Waals surface area contributed by atoms with Crippen LogP contribution in [0.4, 0.5) is 5.69 Å². The molecule has 0 bridgehead atoms. The van der Waals surface area contributed by atoms with E-state index in [-0.39, 0.29) is 5.54 Å². The van der Waals surface area contributed by atoms with Gasteiger partial charge in [0.15, 0.2) is 0 Å². The number of hydrogen-bond acceptors (Lipinski definition) is 4. The Morgan fingerprint density at radius 3 is 3.00 bits per heavy atom. The number of para-hydroxylation sites is 1. The molecule has 2 heterocycles. The van der Waals surface area contributed by atoms with E-state index in [1.54, 1.807) is 6.20 Å². The fourth-order valence-corrected chi connectivity index (χ4v) is 4.25. The number of thiocarbonyl (C=S) groups is 1. The first-order chi connectivity index (χ1) is 11.2. The molecule has 1 aliphatic carbocycles. The first-order valence-electron chi connectivity index (χ1n) is 7.95. The van der Waals surface area contributed by atoms with E-state index in [2.05, 4.69) is 40.6 Å². The maximum Gasteiger partial charge on any atom is 0.101 e. The Balaban J connectivity index is 1.65.